The molecule has 0 saturated carbocycles. The summed E-state index contributed by atoms with van der Waals surface area (Å²) in [5.41, 5.74) is 1.24. The summed E-state index contributed by atoms with van der Waals surface area (Å²) in [6.07, 6.45) is 6.71. The van der Waals surface area contributed by atoms with Crippen LogP contribution in [-0.2, 0) is 19.4 Å². The molecule has 1 aliphatic heterocycles. The van der Waals surface area contributed by atoms with Gasteiger partial charge in [0.05, 0.1) is 6.54 Å². The van der Waals surface area contributed by atoms with E-state index in [1.54, 1.807) is 0 Å². The van der Waals surface area contributed by atoms with Crippen molar-refractivity contribution in [1.82, 2.24) is 25.0 Å². The first-order chi connectivity index (χ1) is 14.7. The number of hydrogen-bond donors (Lipinski definition) is 1. The summed E-state index contributed by atoms with van der Waals surface area (Å²) in [5, 5.41) is 12.2. The van der Waals surface area contributed by atoms with Crippen LogP contribution in [0.2, 0.25) is 0 Å². The van der Waals surface area contributed by atoms with E-state index in [1.807, 2.05) is 12.1 Å². The second kappa shape index (κ2) is 13.5. The van der Waals surface area contributed by atoms with E-state index in [4.69, 9.17) is 9.73 Å². The van der Waals surface area contributed by atoms with Gasteiger partial charge in [-0.05, 0) is 45.2 Å². The second-order valence-corrected chi connectivity index (χ2v) is 7.92. The molecule has 7 nitrogen and oxygen atoms in total. The number of aromatic nitrogens is 3. The molecule has 0 bridgehead atoms. The monoisotopic (exact) mass is 540 g/mol. The molecule has 0 atom stereocenters. The highest BCUT2D eigenvalue weighted by atomic mass is 127. The zero-order chi connectivity index (χ0) is 21.2. The highest BCUT2D eigenvalue weighted by molar-refractivity contribution is 14.0. The molecule has 3 rings (SSSR count). The molecule has 1 aromatic heterocycles. The van der Waals surface area contributed by atoms with Crippen molar-refractivity contribution < 1.29 is 4.74 Å². The smallest absolute Gasteiger partial charge is 0.193 e. The van der Waals surface area contributed by atoms with Crippen LogP contribution in [0.4, 0.5) is 0 Å². The van der Waals surface area contributed by atoms with E-state index in [2.05, 4.69) is 58.0 Å². The van der Waals surface area contributed by atoms with Gasteiger partial charge in [0.25, 0.3) is 0 Å². The van der Waals surface area contributed by atoms with Crippen LogP contribution in [0.1, 0.15) is 49.8 Å². The van der Waals surface area contributed by atoms with E-state index in [0.717, 1.165) is 68.8 Å². The number of halogens is 1. The fourth-order valence-electron chi connectivity index (χ4n) is 3.66. The average Bonchev–Trinajstić information content (AvgIpc) is 2.97. The van der Waals surface area contributed by atoms with Gasteiger partial charge in [-0.1, -0.05) is 24.1 Å². The lowest BCUT2D eigenvalue weighted by Gasteiger charge is -2.22. The third kappa shape index (κ3) is 7.97. The zero-order valence-electron chi connectivity index (χ0n) is 19.1. The molecule has 0 saturated heterocycles. The van der Waals surface area contributed by atoms with Crippen molar-refractivity contribution in [3.8, 4) is 5.75 Å². The van der Waals surface area contributed by atoms with E-state index in [-0.39, 0.29) is 24.0 Å². The number of nitrogens with zero attached hydrogens (tertiary/aromatic N) is 5. The summed E-state index contributed by atoms with van der Waals surface area (Å²) in [7, 11) is 2.05. The predicted molar refractivity (Wildman–Crippen MR) is 137 cm³/mol. The molecule has 0 amide bonds. The summed E-state index contributed by atoms with van der Waals surface area (Å²) in [6.45, 7) is 8.25. The second-order valence-electron chi connectivity index (χ2n) is 7.92. The van der Waals surface area contributed by atoms with Crippen molar-refractivity contribution in [2.24, 2.45) is 4.99 Å². The molecule has 2 aromatic rings. The molecule has 0 radical (unpaired) electrons. The third-order valence-electron chi connectivity index (χ3n) is 5.42. The fourth-order valence-corrected chi connectivity index (χ4v) is 3.66. The lowest BCUT2D eigenvalue weighted by molar-refractivity contribution is 0.281. The Bertz CT molecular complexity index is 805. The van der Waals surface area contributed by atoms with Crippen molar-refractivity contribution >= 4 is 29.9 Å². The number of hydrogen-bond acceptors (Lipinski definition) is 4. The molecule has 0 fully saturated rings. The van der Waals surface area contributed by atoms with Crippen LogP contribution in [0.5, 0.6) is 5.75 Å². The van der Waals surface area contributed by atoms with Crippen LogP contribution < -0.4 is 10.1 Å². The predicted octanol–water partition coefficient (Wildman–Crippen LogP) is 3.84. The number of fused-ring (bicyclic) bond motifs is 1. The van der Waals surface area contributed by atoms with Crippen LogP contribution >= 0.6 is 24.0 Å². The van der Waals surface area contributed by atoms with Gasteiger partial charge in [-0.3, -0.25) is 4.99 Å². The standard InChI is InChI=1S/C23H36N6O.HI/c1-4-24-23(28(3)17-18-30-20-13-11-19(2)12-14-20)25-15-8-10-22-27-26-21-9-6-5-7-16-29(21)22;/h11-14H,4-10,15-18H2,1-3H3,(H,24,25);1H. The van der Waals surface area contributed by atoms with Gasteiger partial charge >= 0.3 is 0 Å². The van der Waals surface area contributed by atoms with Gasteiger partial charge in [-0.2, -0.15) is 0 Å². The Morgan fingerprint density at radius 3 is 2.77 bits per heavy atom. The number of likely N-dealkylation sites (N-methyl/N-ethyl adjacent to an activating group) is 1. The van der Waals surface area contributed by atoms with Gasteiger partial charge in [-0.25, -0.2) is 0 Å². The molecule has 31 heavy (non-hydrogen) atoms. The van der Waals surface area contributed by atoms with Crippen LogP contribution in [-0.4, -0.2) is 58.9 Å². The molecule has 1 N–H and O–H groups in total. The van der Waals surface area contributed by atoms with Gasteiger partial charge in [0.2, 0.25) is 0 Å². The molecule has 1 aliphatic rings. The Morgan fingerprint density at radius 2 is 2.00 bits per heavy atom. The quantitative estimate of drug-likeness (QED) is 0.227. The van der Waals surface area contributed by atoms with E-state index >= 15 is 0 Å². The molecule has 0 aliphatic carbocycles. The third-order valence-corrected chi connectivity index (χ3v) is 5.42. The molecule has 172 valence electrons. The van der Waals surface area contributed by atoms with E-state index in [9.17, 15) is 0 Å². The summed E-state index contributed by atoms with van der Waals surface area (Å²) in [5.74, 6) is 4.10. The van der Waals surface area contributed by atoms with Crippen molar-refractivity contribution in [3.05, 3.63) is 41.5 Å². The highest BCUT2D eigenvalue weighted by Crippen LogP contribution is 2.15. The lowest BCUT2D eigenvalue weighted by atomic mass is 10.2. The topological polar surface area (TPSA) is 67.6 Å². The van der Waals surface area contributed by atoms with Crippen LogP contribution in [0.15, 0.2) is 29.3 Å². The summed E-state index contributed by atoms with van der Waals surface area (Å²) < 4.78 is 8.19. The minimum absolute atomic E-state index is 0. The minimum atomic E-state index is 0. The van der Waals surface area contributed by atoms with Gasteiger partial charge in [0.1, 0.15) is 24.0 Å². The molecule has 1 aromatic carbocycles. The van der Waals surface area contributed by atoms with Crippen molar-refractivity contribution in [2.45, 2.75) is 58.9 Å². The van der Waals surface area contributed by atoms with Crippen molar-refractivity contribution in [3.63, 3.8) is 0 Å². The maximum atomic E-state index is 5.86. The number of aliphatic imine (C=N–C) groups is 1. The number of nitrogens with one attached hydrogen (secondary N) is 1. The average molecular weight is 540 g/mol. The number of benzene rings is 1. The highest BCUT2D eigenvalue weighted by Gasteiger charge is 2.14. The van der Waals surface area contributed by atoms with Gasteiger partial charge in [-0.15, -0.1) is 34.2 Å². The fraction of sp³-hybridized carbons (Fsp3) is 0.609. The largest absolute Gasteiger partial charge is 0.492 e. The van der Waals surface area contributed by atoms with E-state index in [0.29, 0.717) is 6.61 Å². The van der Waals surface area contributed by atoms with Crippen molar-refractivity contribution in [1.29, 1.82) is 0 Å². The molecule has 0 unspecified atom stereocenters. The van der Waals surface area contributed by atoms with Crippen LogP contribution in [0.3, 0.4) is 0 Å². The van der Waals surface area contributed by atoms with E-state index < -0.39 is 0 Å². The summed E-state index contributed by atoms with van der Waals surface area (Å²) in [4.78, 5) is 6.92. The molecule has 0 spiro atoms. The Morgan fingerprint density at radius 1 is 1.19 bits per heavy atom. The summed E-state index contributed by atoms with van der Waals surface area (Å²) >= 11 is 0. The molecular formula is C23H37IN6O. The van der Waals surface area contributed by atoms with Crippen molar-refractivity contribution in [2.75, 3.05) is 33.3 Å². The molecule has 2 heterocycles. The van der Waals surface area contributed by atoms with Gasteiger partial charge in [0.15, 0.2) is 5.96 Å². The number of guanidine groups is 1. The number of rotatable bonds is 9. The zero-order valence-corrected chi connectivity index (χ0v) is 21.5. The normalized spacial score (nSPS) is 13.7. The summed E-state index contributed by atoms with van der Waals surface area (Å²) in [6, 6.07) is 8.16. The van der Waals surface area contributed by atoms with E-state index in [1.165, 1.54) is 24.8 Å². The first-order valence-electron chi connectivity index (χ1n) is 11.3. The molecule has 8 heteroatoms. The maximum Gasteiger partial charge on any atom is 0.193 e. The Labute approximate surface area is 203 Å². The Hall–Kier alpha value is -1.84. The van der Waals surface area contributed by atoms with Gasteiger partial charge < -0.3 is 19.5 Å². The number of aryl methyl sites for hydroxylation is 3. The SMILES string of the molecule is CCNC(=NCCCc1nnc2n1CCCCC2)N(C)CCOc1ccc(C)cc1.I. The first kappa shape index (κ1) is 25.4. The Kier molecular flexibility index (Phi) is 11.1. The maximum absolute atomic E-state index is 5.86. The Balaban J connectivity index is 0.00000341. The van der Waals surface area contributed by atoms with Gasteiger partial charge in [0, 0.05) is 39.5 Å². The number of ether oxygens (including phenoxy) is 1. The van der Waals surface area contributed by atoms with Crippen LogP contribution in [0.25, 0.3) is 0 Å². The molecular weight excluding hydrogens is 503 g/mol. The minimum Gasteiger partial charge on any atom is -0.492 e. The lowest BCUT2D eigenvalue weighted by Crippen LogP contribution is -2.41. The first-order valence-corrected chi connectivity index (χ1v) is 11.3. The van der Waals surface area contributed by atoms with Crippen LogP contribution in [0, 0.1) is 6.92 Å².